The monoisotopic (exact) mass is 480 g/mol. The molecule has 0 fully saturated rings. The summed E-state index contributed by atoms with van der Waals surface area (Å²) in [6, 6.07) is 0. The molecule has 0 bridgehead atoms. The van der Waals surface area contributed by atoms with Crippen LogP contribution in [0.15, 0.2) is 0 Å². The Morgan fingerprint density at radius 1 is 0.903 bits per heavy atom. The normalized spacial score (nSPS) is 16.2. The number of rotatable bonds is 17. The molecule has 0 aliphatic rings. The maximum atomic E-state index is 12.4. The number of unbranched alkanes of at least 4 members (excludes halogenated alkanes) is 2. The van der Waals surface area contributed by atoms with Crippen molar-refractivity contribution in [3.63, 3.8) is 0 Å². The van der Waals surface area contributed by atoms with E-state index in [-0.39, 0.29) is 83.8 Å². The molecular formula is C21H38Na2O7S. The Hall–Kier alpha value is 0.850. The predicted octanol–water partition coefficient (Wildman–Crippen LogP) is -3.66. The van der Waals surface area contributed by atoms with E-state index in [9.17, 15) is 32.8 Å². The number of carbonyl (C=O) groups excluding carboxylic acids is 2. The van der Waals surface area contributed by atoms with Gasteiger partial charge in [0.2, 0.25) is 0 Å². The van der Waals surface area contributed by atoms with Crippen molar-refractivity contribution in [3.8, 4) is 0 Å². The largest absolute Gasteiger partial charge is 1.00 e. The summed E-state index contributed by atoms with van der Waals surface area (Å²) in [5, 5.41) is 23.7. The van der Waals surface area contributed by atoms with Crippen LogP contribution in [0.1, 0.15) is 98.3 Å². The molecule has 0 aromatic heterocycles. The summed E-state index contributed by atoms with van der Waals surface area (Å²) >= 11 is 0. The molecule has 0 aromatic carbocycles. The van der Waals surface area contributed by atoms with Crippen LogP contribution in [0.5, 0.6) is 0 Å². The van der Waals surface area contributed by atoms with Crippen LogP contribution in [0.2, 0.25) is 0 Å². The Bertz CT molecular complexity index is 613. The molecule has 0 radical (unpaired) electrons. The van der Waals surface area contributed by atoms with Crippen molar-refractivity contribution in [2.75, 3.05) is 0 Å². The van der Waals surface area contributed by atoms with Gasteiger partial charge in [0.15, 0.2) is 0 Å². The molecule has 4 unspecified atom stereocenters. The third-order valence-electron chi connectivity index (χ3n) is 6.17. The van der Waals surface area contributed by atoms with Crippen molar-refractivity contribution >= 4 is 22.1 Å². The number of aliphatic carboxylic acids is 2. The van der Waals surface area contributed by atoms with Crippen molar-refractivity contribution in [2.45, 2.75) is 103 Å². The first-order chi connectivity index (χ1) is 13.5. The molecule has 0 aliphatic heterocycles. The average Bonchev–Trinajstić information content (AvgIpc) is 2.62. The van der Waals surface area contributed by atoms with E-state index in [1.807, 2.05) is 27.7 Å². The van der Waals surface area contributed by atoms with Crippen molar-refractivity contribution in [3.05, 3.63) is 0 Å². The van der Waals surface area contributed by atoms with Gasteiger partial charge < -0.3 is 19.8 Å². The van der Waals surface area contributed by atoms with Crippen molar-refractivity contribution in [1.82, 2.24) is 0 Å². The second-order valence-electron chi connectivity index (χ2n) is 8.20. The molecule has 1 N–H and O–H groups in total. The van der Waals surface area contributed by atoms with Gasteiger partial charge in [0.1, 0.15) is 4.75 Å². The van der Waals surface area contributed by atoms with Gasteiger partial charge >= 0.3 is 59.1 Å². The first-order valence-electron chi connectivity index (χ1n) is 10.9. The van der Waals surface area contributed by atoms with E-state index in [1.165, 1.54) is 0 Å². The fraction of sp³-hybridized carbons (Fsp3) is 0.905. The zero-order valence-corrected chi connectivity index (χ0v) is 25.1. The second kappa shape index (κ2) is 18.2. The van der Waals surface area contributed by atoms with Gasteiger partial charge in [-0.2, -0.15) is 8.42 Å². The average molecular weight is 481 g/mol. The van der Waals surface area contributed by atoms with Crippen molar-refractivity contribution in [1.29, 1.82) is 0 Å². The summed E-state index contributed by atoms with van der Waals surface area (Å²) in [6.07, 6.45) is 4.91. The molecule has 0 amide bonds. The molecule has 0 saturated heterocycles. The third-order valence-corrected chi connectivity index (χ3v) is 7.76. The minimum atomic E-state index is -5.13. The van der Waals surface area contributed by atoms with Crippen LogP contribution in [0.4, 0.5) is 0 Å². The van der Waals surface area contributed by atoms with Crippen LogP contribution in [-0.2, 0) is 19.7 Å². The number of carboxylic acid groups (broad SMARTS) is 2. The van der Waals surface area contributed by atoms with Crippen LogP contribution in [-0.4, -0.2) is 29.7 Å². The van der Waals surface area contributed by atoms with E-state index in [0.717, 1.165) is 32.1 Å². The Labute approximate surface area is 232 Å². The van der Waals surface area contributed by atoms with Crippen LogP contribution < -0.4 is 69.3 Å². The minimum absolute atomic E-state index is 0. The summed E-state index contributed by atoms with van der Waals surface area (Å²) in [7, 11) is -5.13. The molecule has 0 heterocycles. The first kappa shape index (κ1) is 36.4. The molecule has 0 aliphatic carbocycles. The quantitative estimate of drug-likeness (QED) is 0.167. The molecular weight excluding hydrogens is 442 g/mol. The molecule has 0 aromatic rings. The predicted molar refractivity (Wildman–Crippen MR) is 108 cm³/mol. The van der Waals surface area contributed by atoms with Crippen LogP contribution >= 0.6 is 0 Å². The minimum Gasteiger partial charge on any atom is -0.550 e. The maximum Gasteiger partial charge on any atom is 1.00 e. The Morgan fingerprint density at radius 3 is 1.68 bits per heavy atom. The summed E-state index contributed by atoms with van der Waals surface area (Å²) in [6.45, 7) is 7.71. The summed E-state index contributed by atoms with van der Waals surface area (Å²) < 4.78 is 32.3. The number of hydrogen-bond donors (Lipinski definition) is 1. The summed E-state index contributed by atoms with van der Waals surface area (Å²) in [4.78, 5) is 23.7. The number of carbonyl (C=O) groups is 2. The second-order valence-corrected chi connectivity index (χ2v) is 9.88. The first-order valence-corrected chi connectivity index (χ1v) is 12.3. The maximum absolute atomic E-state index is 12.4. The van der Waals surface area contributed by atoms with Crippen LogP contribution in [0.3, 0.4) is 0 Å². The van der Waals surface area contributed by atoms with Gasteiger partial charge in [0.25, 0.3) is 10.1 Å². The van der Waals surface area contributed by atoms with E-state index >= 15 is 0 Å². The molecule has 0 saturated carbocycles. The molecule has 0 spiro atoms. The van der Waals surface area contributed by atoms with E-state index < -0.39 is 39.1 Å². The fourth-order valence-electron chi connectivity index (χ4n) is 4.23. The zero-order valence-electron chi connectivity index (χ0n) is 20.3. The summed E-state index contributed by atoms with van der Waals surface area (Å²) in [5.74, 6) is -5.10. The number of hydrogen-bond acceptors (Lipinski definition) is 6. The van der Waals surface area contributed by atoms with E-state index in [2.05, 4.69) is 0 Å². The zero-order chi connectivity index (χ0) is 22.7. The number of carboxylic acids is 2. The molecule has 4 atom stereocenters. The van der Waals surface area contributed by atoms with E-state index in [0.29, 0.717) is 19.3 Å². The molecule has 172 valence electrons. The SMILES string of the molecule is CCCCC(CC)CC(CC(=O)[O-])C(CC(CC)CCCC)(C(=O)[O-])S(=O)(=O)O.[Na+].[Na+]. The van der Waals surface area contributed by atoms with E-state index in [1.54, 1.807) is 0 Å². The van der Waals surface area contributed by atoms with Crippen LogP contribution in [0.25, 0.3) is 0 Å². The van der Waals surface area contributed by atoms with Gasteiger partial charge in [-0.1, -0.05) is 79.1 Å². The standard InChI is InChI=1S/C21H40O7S.2Na/c1-5-9-11-16(7-3)13-18(14-19(22)23)21(20(24)25,29(26,27)28)15-17(8-4)12-10-6-2;;/h16-18H,5-15H2,1-4H3,(H,22,23)(H,24,25)(H,26,27,28);;/q;2*+1/p-2. The summed E-state index contributed by atoms with van der Waals surface area (Å²) in [5.41, 5.74) is 0. The molecule has 31 heavy (non-hydrogen) atoms. The van der Waals surface area contributed by atoms with Gasteiger partial charge in [-0.05, 0) is 37.0 Å². The Morgan fingerprint density at radius 2 is 1.35 bits per heavy atom. The van der Waals surface area contributed by atoms with Crippen molar-refractivity contribution < 1.29 is 91.9 Å². The van der Waals surface area contributed by atoms with Crippen LogP contribution in [0, 0.1) is 17.8 Å². The molecule has 7 nitrogen and oxygen atoms in total. The topological polar surface area (TPSA) is 135 Å². The van der Waals surface area contributed by atoms with Gasteiger partial charge in [0, 0.05) is 5.97 Å². The smallest absolute Gasteiger partial charge is 0.550 e. The molecule has 0 rings (SSSR count). The molecule has 10 heteroatoms. The van der Waals surface area contributed by atoms with E-state index in [4.69, 9.17) is 0 Å². The van der Waals surface area contributed by atoms with Gasteiger partial charge in [-0.3, -0.25) is 4.55 Å². The third kappa shape index (κ3) is 11.7. The van der Waals surface area contributed by atoms with Crippen molar-refractivity contribution in [2.24, 2.45) is 17.8 Å². The van der Waals surface area contributed by atoms with Gasteiger partial charge in [0.05, 0.1) is 5.97 Å². The Kier molecular flexibility index (Phi) is 21.4. The van der Waals surface area contributed by atoms with Gasteiger partial charge in [-0.25, -0.2) is 0 Å². The fourth-order valence-corrected chi connectivity index (χ4v) is 5.49. The van der Waals surface area contributed by atoms with Gasteiger partial charge in [-0.15, -0.1) is 0 Å². The Balaban J connectivity index is -0.00000392.